The Morgan fingerprint density at radius 3 is 2.83 bits per heavy atom. The van der Waals surface area contributed by atoms with Gasteiger partial charge >= 0.3 is 0 Å². The Kier molecular flexibility index (Phi) is 2.73. The molecule has 0 aromatic heterocycles. The molecule has 1 aliphatic carbocycles. The van der Waals surface area contributed by atoms with Crippen LogP contribution in [0.5, 0.6) is 0 Å². The van der Waals surface area contributed by atoms with Crippen LogP contribution in [0.15, 0.2) is 0 Å². The van der Waals surface area contributed by atoms with Crippen LogP contribution < -0.4 is 11.5 Å². The van der Waals surface area contributed by atoms with E-state index in [1.165, 1.54) is 6.42 Å². The molecule has 0 radical (unpaired) electrons. The van der Waals surface area contributed by atoms with Crippen LogP contribution >= 0.6 is 0 Å². The molecule has 0 spiro atoms. The van der Waals surface area contributed by atoms with Crippen molar-refractivity contribution in [2.75, 3.05) is 0 Å². The molecule has 3 heteroatoms. The van der Waals surface area contributed by atoms with Crippen LogP contribution in [0.4, 0.5) is 0 Å². The van der Waals surface area contributed by atoms with Crippen molar-refractivity contribution in [3.63, 3.8) is 0 Å². The van der Waals surface area contributed by atoms with Gasteiger partial charge in [-0.25, -0.2) is 0 Å². The summed E-state index contributed by atoms with van der Waals surface area (Å²) in [6.45, 7) is 2.14. The van der Waals surface area contributed by atoms with Crippen LogP contribution in [0, 0.1) is 5.92 Å². The monoisotopic (exact) mass is 170 g/mol. The number of primary amides is 1. The van der Waals surface area contributed by atoms with Gasteiger partial charge in [0.25, 0.3) is 0 Å². The number of carbonyl (C=O) groups is 1. The van der Waals surface area contributed by atoms with Crippen molar-refractivity contribution in [1.29, 1.82) is 0 Å². The van der Waals surface area contributed by atoms with E-state index in [0.29, 0.717) is 5.92 Å². The quantitative estimate of drug-likeness (QED) is 0.642. The fourth-order valence-electron chi connectivity index (χ4n) is 2.00. The Balaban J connectivity index is 2.61. The van der Waals surface area contributed by atoms with E-state index in [2.05, 4.69) is 6.92 Å². The lowest BCUT2D eigenvalue weighted by Crippen LogP contribution is -2.54. The Labute approximate surface area is 73.5 Å². The minimum Gasteiger partial charge on any atom is -0.368 e. The molecule has 1 fully saturated rings. The third-order valence-corrected chi connectivity index (χ3v) is 2.96. The molecule has 0 bridgehead atoms. The molecule has 0 aromatic rings. The second-order valence-electron chi connectivity index (χ2n) is 3.89. The minimum atomic E-state index is -0.709. The molecule has 4 N–H and O–H groups in total. The maximum Gasteiger partial charge on any atom is 0.237 e. The van der Waals surface area contributed by atoms with Crippen molar-refractivity contribution < 1.29 is 4.79 Å². The maximum atomic E-state index is 11.0. The third kappa shape index (κ3) is 1.78. The molecule has 1 rings (SSSR count). The van der Waals surface area contributed by atoms with E-state index >= 15 is 0 Å². The first-order chi connectivity index (χ1) is 5.58. The van der Waals surface area contributed by atoms with Crippen LogP contribution in [0.25, 0.3) is 0 Å². The van der Waals surface area contributed by atoms with Gasteiger partial charge in [-0.05, 0) is 18.8 Å². The smallest absolute Gasteiger partial charge is 0.237 e. The normalized spacial score (nSPS) is 36.3. The predicted molar refractivity (Wildman–Crippen MR) is 48.4 cm³/mol. The summed E-state index contributed by atoms with van der Waals surface area (Å²) in [4.78, 5) is 11.0. The maximum absolute atomic E-state index is 11.0. The average molecular weight is 170 g/mol. The molecule has 0 aromatic carbocycles. The van der Waals surface area contributed by atoms with Gasteiger partial charge in [-0.15, -0.1) is 0 Å². The molecule has 3 nitrogen and oxygen atoms in total. The van der Waals surface area contributed by atoms with Gasteiger partial charge in [0.05, 0.1) is 5.54 Å². The van der Waals surface area contributed by atoms with Crippen LogP contribution in [0.3, 0.4) is 0 Å². The average Bonchev–Trinajstić information content (AvgIpc) is 2.04. The molecule has 0 saturated heterocycles. The van der Waals surface area contributed by atoms with Crippen molar-refractivity contribution >= 4 is 5.91 Å². The summed E-state index contributed by atoms with van der Waals surface area (Å²) in [5.41, 5.74) is 10.4. The standard InChI is InChI=1S/C9H18N2O/c1-2-7-4-3-5-9(11,6-7)8(10)12/h7H,2-6,11H2,1H3,(H2,10,12). The molecular weight excluding hydrogens is 152 g/mol. The van der Waals surface area contributed by atoms with Gasteiger partial charge in [0.1, 0.15) is 0 Å². The lowest BCUT2D eigenvalue weighted by Gasteiger charge is -2.34. The topological polar surface area (TPSA) is 69.1 Å². The third-order valence-electron chi connectivity index (χ3n) is 2.96. The summed E-state index contributed by atoms with van der Waals surface area (Å²) < 4.78 is 0. The van der Waals surface area contributed by atoms with Crippen molar-refractivity contribution in [2.45, 2.75) is 44.6 Å². The Bertz CT molecular complexity index is 181. The van der Waals surface area contributed by atoms with Crippen LogP contribution in [0.2, 0.25) is 0 Å². The summed E-state index contributed by atoms with van der Waals surface area (Å²) in [6, 6.07) is 0. The summed E-state index contributed by atoms with van der Waals surface area (Å²) in [7, 11) is 0. The van der Waals surface area contributed by atoms with Crippen LogP contribution in [-0.4, -0.2) is 11.4 Å². The van der Waals surface area contributed by atoms with Gasteiger partial charge in [0.2, 0.25) is 5.91 Å². The minimum absolute atomic E-state index is 0.333. The highest BCUT2D eigenvalue weighted by atomic mass is 16.1. The zero-order valence-electron chi connectivity index (χ0n) is 7.68. The van der Waals surface area contributed by atoms with Crippen LogP contribution in [0.1, 0.15) is 39.0 Å². The second kappa shape index (κ2) is 3.44. The number of hydrogen-bond acceptors (Lipinski definition) is 2. The lowest BCUT2D eigenvalue weighted by atomic mass is 9.75. The SMILES string of the molecule is CCC1CCCC(N)(C(N)=O)C1. The predicted octanol–water partition coefficient (Wildman–Crippen LogP) is 0.769. The van der Waals surface area contributed by atoms with Gasteiger partial charge in [-0.1, -0.05) is 26.2 Å². The number of nitrogens with two attached hydrogens (primary N) is 2. The molecule has 0 heterocycles. The van der Waals surface area contributed by atoms with Gasteiger partial charge in [0, 0.05) is 0 Å². The molecule has 70 valence electrons. The van der Waals surface area contributed by atoms with E-state index in [4.69, 9.17) is 11.5 Å². The summed E-state index contributed by atoms with van der Waals surface area (Å²) in [5.74, 6) is 0.261. The molecular formula is C9H18N2O. The summed E-state index contributed by atoms with van der Waals surface area (Å²) >= 11 is 0. The number of rotatable bonds is 2. The molecule has 1 saturated carbocycles. The number of amides is 1. The van der Waals surface area contributed by atoms with Crippen molar-refractivity contribution in [1.82, 2.24) is 0 Å². The van der Waals surface area contributed by atoms with Crippen LogP contribution in [-0.2, 0) is 4.79 Å². The first kappa shape index (κ1) is 9.52. The highest BCUT2D eigenvalue weighted by Crippen LogP contribution is 2.32. The van der Waals surface area contributed by atoms with Crippen molar-refractivity contribution in [2.24, 2.45) is 17.4 Å². The van der Waals surface area contributed by atoms with E-state index in [0.717, 1.165) is 25.7 Å². The first-order valence-electron chi connectivity index (χ1n) is 4.67. The van der Waals surface area contributed by atoms with E-state index in [1.54, 1.807) is 0 Å². The van der Waals surface area contributed by atoms with E-state index < -0.39 is 5.54 Å². The Morgan fingerprint density at radius 1 is 1.67 bits per heavy atom. The number of hydrogen-bond donors (Lipinski definition) is 2. The van der Waals surface area contributed by atoms with Gasteiger partial charge in [-0.3, -0.25) is 4.79 Å². The fraction of sp³-hybridized carbons (Fsp3) is 0.889. The molecule has 2 atom stereocenters. The van der Waals surface area contributed by atoms with Gasteiger partial charge in [0.15, 0.2) is 0 Å². The zero-order chi connectivity index (χ0) is 9.19. The Morgan fingerprint density at radius 2 is 2.33 bits per heavy atom. The highest BCUT2D eigenvalue weighted by Gasteiger charge is 2.36. The largest absolute Gasteiger partial charge is 0.368 e. The lowest BCUT2D eigenvalue weighted by molar-refractivity contribution is -0.124. The van der Waals surface area contributed by atoms with Crippen molar-refractivity contribution in [3.8, 4) is 0 Å². The van der Waals surface area contributed by atoms with Crippen molar-refractivity contribution in [3.05, 3.63) is 0 Å². The van der Waals surface area contributed by atoms with Gasteiger partial charge < -0.3 is 11.5 Å². The van der Waals surface area contributed by atoms with E-state index in [9.17, 15) is 4.79 Å². The van der Waals surface area contributed by atoms with E-state index in [1.807, 2.05) is 0 Å². The summed E-state index contributed by atoms with van der Waals surface area (Å²) in [5, 5.41) is 0. The first-order valence-corrected chi connectivity index (χ1v) is 4.67. The number of carbonyl (C=O) groups excluding carboxylic acids is 1. The molecule has 1 aliphatic rings. The summed E-state index contributed by atoms with van der Waals surface area (Å²) in [6.07, 6.45) is 4.88. The highest BCUT2D eigenvalue weighted by molar-refractivity contribution is 5.84. The molecule has 1 amide bonds. The Hall–Kier alpha value is -0.570. The zero-order valence-corrected chi connectivity index (χ0v) is 7.68. The molecule has 2 unspecified atom stereocenters. The second-order valence-corrected chi connectivity index (χ2v) is 3.89. The molecule has 12 heavy (non-hydrogen) atoms. The van der Waals surface area contributed by atoms with Gasteiger partial charge in [-0.2, -0.15) is 0 Å². The molecule has 0 aliphatic heterocycles. The fourth-order valence-corrected chi connectivity index (χ4v) is 2.00. The van der Waals surface area contributed by atoms with E-state index in [-0.39, 0.29) is 5.91 Å².